The summed E-state index contributed by atoms with van der Waals surface area (Å²) in [5.74, 6) is 0. The summed E-state index contributed by atoms with van der Waals surface area (Å²) < 4.78 is 14.3. The molecule has 0 saturated heterocycles. The van der Waals surface area contributed by atoms with Gasteiger partial charge in [0.15, 0.2) is 3.79 Å². The van der Waals surface area contributed by atoms with Gasteiger partial charge in [0.05, 0.1) is 12.0 Å². The van der Waals surface area contributed by atoms with Gasteiger partial charge in [0.1, 0.15) is 0 Å². The van der Waals surface area contributed by atoms with E-state index in [2.05, 4.69) is 0 Å². The molecular weight excluding hydrogens is 302 g/mol. The van der Waals surface area contributed by atoms with Gasteiger partial charge in [-0.15, -0.1) is 11.6 Å². The van der Waals surface area contributed by atoms with Gasteiger partial charge in [-0.3, -0.25) is 0 Å². The van der Waals surface area contributed by atoms with Crippen molar-refractivity contribution in [3.63, 3.8) is 0 Å². The molecule has 0 bridgehead atoms. The first-order valence-corrected chi connectivity index (χ1v) is 7.97. The summed E-state index contributed by atoms with van der Waals surface area (Å²) in [5, 5.41) is -0.394. The zero-order valence-electron chi connectivity index (χ0n) is 8.73. The van der Waals surface area contributed by atoms with Crippen LogP contribution in [0.3, 0.4) is 0 Å². The van der Waals surface area contributed by atoms with Crippen molar-refractivity contribution in [2.75, 3.05) is 20.8 Å². The molecule has 0 aromatic carbocycles. The fraction of sp³-hybridized carbons (Fsp3) is 1.00. The zero-order valence-corrected chi connectivity index (χ0v) is 12.8. The molecule has 0 aromatic heterocycles. The van der Waals surface area contributed by atoms with Crippen LogP contribution in [0.1, 0.15) is 6.42 Å². The maximum Gasteiger partial charge on any atom is 0.497 e. The lowest BCUT2D eigenvalue weighted by atomic mass is 10.3. The van der Waals surface area contributed by atoms with E-state index < -0.39 is 18.0 Å². The molecule has 0 amide bonds. The maximum atomic E-state index is 5.92. The second-order valence-electron chi connectivity index (χ2n) is 3.00. The van der Waals surface area contributed by atoms with Crippen molar-refractivity contribution < 1.29 is 13.3 Å². The van der Waals surface area contributed by atoms with Gasteiger partial charge in [0.25, 0.3) is 0 Å². The van der Waals surface area contributed by atoms with E-state index in [0.29, 0.717) is 0 Å². The van der Waals surface area contributed by atoms with Crippen LogP contribution >= 0.6 is 46.4 Å². The van der Waals surface area contributed by atoms with Crippen LogP contribution in [0.4, 0.5) is 0 Å². The zero-order chi connectivity index (χ0) is 12.1. The summed E-state index contributed by atoms with van der Waals surface area (Å²) in [5.41, 5.74) is 0. The molecule has 1 atom stereocenters. The molecule has 3 nitrogen and oxygen atoms in total. The molecule has 0 spiro atoms. The van der Waals surface area contributed by atoms with E-state index in [4.69, 9.17) is 59.7 Å². The van der Waals surface area contributed by atoms with E-state index in [1.54, 1.807) is 6.55 Å². The summed E-state index contributed by atoms with van der Waals surface area (Å²) in [6.07, 6.45) is 0.205. The van der Waals surface area contributed by atoms with Crippen LogP contribution in [0.2, 0.25) is 6.55 Å². The van der Waals surface area contributed by atoms with Gasteiger partial charge in [0.2, 0.25) is 0 Å². The van der Waals surface area contributed by atoms with Gasteiger partial charge in [-0.05, 0) is 0 Å². The summed E-state index contributed by atoms with van der Waals surface area (Å²) in [6, 6.07) is 0. The third-order valence-corrected chi connectivity index (χ3v) is 4.64. The first kappa shape index (κ1) is 16.3. The second-order valence-corrected chi connectivity index (χ2v) is 8.96. The van der Waals surface area contributed by atoms with Crippen molar-refractivity contribution in [2.24, 2.45) is 0 Å². The Labute approximate surface area is 111 Å². The molecule has 0 aliphatic carbocycles. The van der Waals surface area contributed by atoms with Crippen LogP contribution < -0.4 is 0 Å². The Bertz CT molecular complexity index is 184. The molecule has 0 saturated carbocycles. The van der Waals surface area contributed by atoms with Crippen LogP contribution in [0, 0.1) is 0 Å². The highest BCUT2D eigenvalue weighted by molar-refractivity contribution is 6.67. The number of rotatable bonds is 6. The number of halogens is 4. The second kappa shape index (κ2) is 6.86. The molecule has 0 fully saturated rings. The Morgan fingerprint density at radius 2 is 1.67 bits per heavy atom. The van der Waals surface area contributed by atoms with Gasteiger partial charge in [0, 0.05) is 27.2 Å². The van der Waals surface area contributed by atoms with E-state index in [9.17, 15) is 0 Å². The predicted molar refractivity (Wildman–Crippen MR) is 66.1 cm³/mol. The minimum atomic E-state index is -2.55. The van der Waals surface area contributed by atoms with E-state index in [0.717, 1.165) is 0 Å². The van der Waals surface area contributed by atoms with E-state index >= 15 is 0 Å². The Balaban J connectivity index is 3.94. The van der Waals surface area contributed by atoms with Crippen molar-refractivity contribution in [3.05, 3.63) is 0 Å². The summed E-state index contributed by atoms with van der Waals surface area (Å²) in [4.78, 5) is 0. The highest BCUT2D eigenvalue weighted by Gasteiger charge is 2.34. The largest absolute Gasteiger partial charge is 0.497 e. The van der Waals surface area contributed by atoms with Crippen molar-refractivity contribution >= 4 is 55.2 Å². The van der Waals surface area contributed by atoms with Crippen molar-refractivity contribution in [1.82, 2.24) is 0 Å². The molecule has 0 radical (unpaired) electrons. The van der Waals surface area contributed by atoms with Crippen molar-refractivity contribution in [3.8, 4) is 0 Å². The van der Waals surface area contributed by atoms with Crippen LogP contribution in [-0.4, -0.2) is 38.8 Å². The van der Waals surface area contributed by atoms with Crippen molar-refractivity contribution in [2.45, 2.75) is 22.1 Å². The molecule has 0 aliphatic heterocycles. The van der Waals surface area contributed by atoms with Crippen LogP contribution in [0.15, 0.2) is 0 Å². The average Bonchev–Trinajstić information content (AvgIpc) is 2.12. The Kier molecular flexibility index (Phi) is 7.44. The van der Waals surface area contributed by atoms with Gasteiger partial charge in [-0.1, -0.05) is 34.8 Å². The highest BCUT2D eigenvalue weighted by atomic mass is 35.6. The fourth-order valence-electron chi connectivity index (χ4n) is 0.753. The topological polar surface area (TPSA) is 27.7 Å². The number of hydrogen-bond acceptors (Lipinski definition) is 3. The quantitative estimate of drug-likeness (QED) is 0.556. The van der Waals surface area contributed by atoms with Crippen molar-refractivity contribution in [1.29, 1.82) is 0 Å². The minimum absolute atomic E-state index is 0.205. The molecule has 8 heteroatoms. The standard InChI is InChI=1S/C7H14Cl4O3Si/c1-12-15(3,13-2)14-5-6(8)4-7(9,10)11/h6H,4-5H2,1-3H3. The number of hydrogen-bond donors (Lipinski definition) is 0. The molecule has 0 N–H and O–H groups in total. The monoisotopic (exact) mass is 314 g/mol. The first-order valence-electron chi connectivity index (χ1n) is 4.17. The Morgan fingerprint density at radius 3 is 2.00 bits per heavy atom. The van der Waals surface area contributed by atoms with Gasteiger partial charge in [-0.25, -0.2) is 0 Å². The predicted octanol–water partition coefficient (Wildman–Crippen LogP) is 3.23. The fourth-order valence-corrected chi connectivity index (χ4v) is 2.86. The molecule has 0 heterocycles. The Morgan fingerprint density at radius 1 is 1.20 bits per heavy atom. The molecule has 0 aromatic rings. The third kappa shape index (κ3) is 8.04. The normalized spacial score (nSPS) is 15.4. The molecule has 15 heavy (non-hydrogen) atoms. The highest BCUT2D eigenvalue weighted by Crippen LogP contribution is 2.33. The number of alkyl halides is 4. The van der Waals surface area contributed by atoms with Crippen LogP contribution in [-0.2, 0) is 13.3 Å². The maximum absolute atomic E-state index is 5.92. The van der Waals surface area contributed by atoms with Gasteiger partial charge >= 0.3 is 8.80 Å². The van der Waals surface area contributed by atoms with E-state index in [-0.39, 0.29) is 13.0 Å². The first-order chi connectivity index (χ1) is 6.72. The van der Waals surface area contributed by atoms with Gasteiger partial charge in [-0.2, -0.15) is 0 Å². The molecular formula is C7H14Cl4O3Si. The van der Waals surface area contributed by atoms with E-state index in [1.807, 2.05) is 0 Å². The van der Waals surface area contributed by atoms with Crippen LogP contribution in [0.5, 0.6) is 0 Å². The lowest BCUT2D eigenvalue weighted by molar-refractivity contribution is 0.105. The summed E-state index contributed by atoms with van der Waals surface area (Å²) in [7, 11) is 0.494. The average molecular weight is 316 g/mol. The molecule has 0 aliphatic rings. The molecule has 1 unspecified atom stereocenters. The lowest BCUT2D eigenvalue weighted by Gasteiger charge is -2.24. The SMILES string of the molecule is CO[Si](C)(OC)OCC(Cl)CC(Cl)(Cl)Cl. The smallest absolute Gasteiger partial charge is 0.377 e. The summed E-state index contributed by atoms with van der Waals surface area (Å²) >= 11 is 22.7. The van der Waals surface area contributed by atoms with E-state index in [1.165, 1.54) is 14.2 Å². The van der Waals surface area contributed by atoms with Gasteiger partial charge < -0.3 is 13.3 Å². The summed E-state index contributed by atoms with van der Waals surface area (Å²) in [6.45, 7) is 1.98. The van der Waals surface area contributed by atoms with Crippen LogP contribution in [0.25, 0.3) is 0 Å². The minimum Gasteiger partial charge on any atom is -0.377 e. The molecule has 92 valence electrons. The third-order valence-electron chi connectivity index (χ3n) is 1.72. The molecule has 0 rings (SSSR count). The Hall–Kier alpha value is 1.26. The lowest BCUT2D eigenvalue weighted by Crippen LogP contribution is -2.42.